The highest BCUT2D eigenvalue weighted by molar-refractivity contribution is 5.77. The minimum atomic E-state index is -0.788. The highest BCUT2D eigenvalue weighted by Crippen LogP contribution is 2.18. The molecule has 3 N–H and O–H groups in total. The second-order valence-electron chi connectivity index (χ2n) is 17.9. The molecule has 344 valence electrons. The lowest BCUT2D eigenvalue weighted by molar-refractivity contribution is -0.151. The van der Waals surface area contributed by atoms with Crippen LogP contribution in [0, 0.1) is 0 Å². The van der Waals surface area contributed by atoms with Crippen molar-refractivity contribution in [2.24, 2.45) is 0 Å². The molecule has 6 nitrogen and oxygen atoms in total. The second-order valence-corrected chi connectivity index (χ2v) is 17.9. The van der Waals surface area contributed by atoms with Gasteiger partial charge in [0.1, 0.15) is 6.10 Å². The van der Waals surface area contributed by atoms with Crippen LogP contribution >= 0.6 is 0 Å². The van der Waals surface area contributed by atoms with Crippen LogP contribution in [0.15, 0.2) is 12.2 Å². The fraction of sp³-hybridized carbons (Fsp3) is 0.923. The van der Waals surface area contributed by atoms with Crippen LogP contribution in [-0.2, 0) is 14.3 Å². The van der Waals surface area contributed by atoms with E-state index in [1.165, 1.54) is 186 Å². The number of esters is 1. The molecular formula is C52H101NO5. The zero-order chi connectivity index (χ0) is 42.4. The predicted octanol–water partition coefficient (Wildman–Crippen LogP) is 15.3. The summed E-state index contributed by atoms with van der Waals surface area (Å²) in [6, 6.07) is -0.703. The Morgan fingerprint density at radius 3 is 1.26 bits per heavy atom. The van der Waals surface area contributed by atoms with Gasteiger partial charge in [-0.3, -0.25) is 9.59 Å². The van der Waals surface area contributed by atoms with E-state index < -0.39 is 18.2 Å². The summed E-state index contributed by atoms with van der Waals surface area (Å²) in [6.45, 7) is 6.49. The number of carbonyl (C=O) groups is 2. The van der Waals surface area contributed by atoms with Gasteiger partial charge in [-0.05, 0) is 44.9 Å². The van der Waals surface area contributed by atoms with Crippen LogP contribution in [0.3, 0.4) is 0 Å². The summed E-state index contributed by atoms with van der Waals surface area (Å²) in [6.07, 6.45) is 51.3. The summed E-state index contributed by atoms with van der Waals surface area (Å²) in [7, 11) is 0. The third-order valence-corrected chi connectivity index (χ3v) is 12.1. The fourth-order valence-corrected chi connectivity index (χ4v) is 8.14. The topological polar surface area (TPSA) is 95.9 Å². The van der Waals surface area contributed by atoms with Gasteiger partial charge in [-0.1, -0.05) is 238 Å². The van der Waals surface area contributed by atoms with Gasteiger partial charge in [-0.2, -0.15) is 0 Å². The first-order chi connectivity index (χ1) is 28.5. The lowest BCUT2D eigenvalue weighted by Gasteiger charge is -2.24. The number of aliphatic hydroxyl groups is 2. The first kappa shape index (κ1) is 56.6. The molecule has 0 aliphatic heterocycles. The number of rotatable bonds is 47. The minimum Gasteiger partial charge on any atom is -0.462 e. The van der Waals surface area contributed by atoms with E-state index in [2.05, 4.69) is 38.2 Å². The summed E-state index contributed by atoms with van der Waals surface area (Å²) in [5.74, 6) is -0.487. The Morgan fingerprint density at radius 2 is 0.845 bits per heavy atom. The maximum atomic E-state index is 13.2. The maximum absolute atomic E-state index is 13.2. The lowest BCUT2D eigenvalue weighted by atomic mass is 10.0. The van der Waals surface area contributed by atoms with E-state index in [0.717, 1.165) is 51.4 Å². The Hall–Kier alpha value is -1.40. The smallest absolute Gasteiger partial charge is 0.306 e. The van der Waals surface area contributed by atoms with Gasteiger partial charge in [-0.25, -0.2) is 0 Å². The molecule has 0 rings (SSSR count). The second kappa shape index (κ2) is 46.7. The molecule has 0 aromatic heterocycles. The van der Waals surface area contributed by atoms with Gasteiger partial charge < -0.3 is 20.3 Å². The number of amides is 1. The molecule has 0 spiro atoms. The van der Waals surface area contributed by atoms with Gasteiger partial charge in [0, 0.05) is 6.42 Å². The van der Waals surface area contributed by atoms with Crippen molar-refractivity contribution in [1.82, 2.24) is 5.32 Å². The summed E-state index contributed by atoms with van der Waals surface area (Å²) in [5.41, 5.74) is 0. The van der Waals surface area contributed by atoms with Crippen LogP contribution in [0.2, 0.25) is 0 Å². The fourth-order valence-electron chi connectivity index (χ4n) is 8.14. The molecule has 58 heavy (non-hydrogen) atoms. The predicted molar refractivity (Wildman–Crippen MR) is 250 cm³/mol. The van der Waals surface area contributed by atoms with Gasteiger partial charge in [0.15, 0.2) is 0 Å². The highest BCUT2D eigenvalue weighted by Gasteiger charge is 2.24. The number of ether oxygens (including phenoxy) is 1. The first-order valence-electron chi connectivity index (χ1n) is 25.9. The summed E-state index contributed by atoms with van der Waals surface area (Å²) in [4.78, 5) is 26.1. The molecule has 6 heteroatoms. The molecule has 0 aromatic rings. The van der Waals surface area contributed by atoms with E-state index in [1.54, 1.807) is 0 Å². The van der Waals surface area contributed by atoms with Crippen molar-refractivity contribution in [2.75, 3.05) is 6.61 Å². The van der Waals surface area contributed by atoms with Crippen molar-refractivity contribution in [3.8, 4) is 0 Å². The zero-order valence-electron chi connectivity index (χ0n) is 39.2. The Balaban J connectivity index is 4.52. The number of carbonyl (C=O) groups excluding carboxylic acids is 2. The molecule has 0 heterocycles. The van der Waals surface area contributed by atoms with Crippen molar-refractivity contribution < 1.29 is 24.5 Å². The molecule has 0 saturated heterocycles. The van der Waals surface area contributed by atoms with Crippen molar-refractivity contribution in [3.63, 3.8) is 0 Å². The van der Waals surface area contributed by atoms with Gasteiger partial charge in [0.05, 0.1) is 25.2 Å². The first-order valence-corrected chi connectivity index (χ1v) is 25.9. The van der Waals surface area contributed by atoms with Crippen LogP contribution in [0.25, 0.3) is 0 Å². The van der Waals surface area contributed by atoms with E-state index in [9.17, 15) is 19.8 Å². The molecular weight excluding hydrogens is 719 g/mol. The van der Waals surface area contributed by atoms with Gasteiger partial charge in [0.25, 0.3) is 0 Å². The lowest BCUT2D eigenvalue weighted by Crippen LogP contribution is -2.46. The number of hydrogen-bond acceptors (Lipinski definition) is 5. The molecule has 0 fully saturated rings. The van der Waals surface area contributed by atoms with Crippen LogP contribution in [0.1, 0.15) is 284 Å². The molecule has 0 radical (unpaired) electrons. The normalized spacial score (nSPS) is 13.3. The van der Waals surface area contributed by atoms with E-state index >= 15 is 0 Å². The quantitative estimate of drug-likeness (QED) is 0.0323. The number of aliphatic hydroxyl groups excluding tert-OH is 2. The average Bonchev–Trinajstić information content (AvgIpc) is 3.22. The largest absolute Gasteiger partial charge is 0.462 e. The summed E-state index contributed by atoms with van der Waals surface area (Å²) in [5, 5.41) is 23.8. The van der Waals surface area contributed by atoms with E-state index in [-0.39, 0.29) is 24.9 Å². The zero-order valence-corrected chi connectivity index (χ0v) is 39.2. The van der Waals surface area contributed by atoms with Crippen LogP contribution < -0.4 is 5.32 Å². The van der Waals surface area contributed by atoms with Crippen LogP contribution in [-0.4, -0.2) is 46.9 Å². The molecule has 0 aliphatic rings. The Labute approximate surface area is 361 Å². The number of hydrogen-bond donors (Lipinski definition) is 3. The summed E-state index contributed by atoms with van der Waals surface area (Å²) < 4.78 is 5.91. The van der Waals surface area contributed by atoms with Crippen molar-refractivity contribution in [3.05, 3.63) is 12.2 Å². The van der Waals surface area contributed by atoms with Gasteiger partial charge in [0.2, 0.25) is 5.91 Å². The highest BCUT2D eigenvalue weighted by atomic mass is 16.5. The van der Waals surface area contributed by atoms with Crippen molar-refractivity contribution in [2.45, 2.75) is 302 Å². The molecule has 0 saturated carbocycles. The molecule has 3 atom stereocenters. The Kier molecular flexibility index (Phi) is 45.5. The van der Waals surface area contributed by atoms with Gasteiger partial charge in [-0.15, -0.1) is 0 Å². The van der Waals surface area contributed by atoms with Gasteiger partial charge >= 0.3 is 5.97 Å². The number of nitrogens with one attached hydrogen (secondary N) is 1. The summed E-state index contributed by atoms with van der Waals surface area (Å²) >= 11 is 0. The van der Waals surface area contributed by atoms with Crippen LogP contribution in [0.4, 0.5) is 0 Å². The van der Waals surface area contributed by atoms with Crippen molar-refractivity contribution >= 4 is 11.9 Å². The third kappa shape index (κ3) is 41.3. The molecule has 0 aromatic carbocycles. The van der Waals surface area contributed by atoms with Crippen molar-refractivity contribution in [1.29, 1.82) is 0 Å². The van der Waals surface area contributed by atoms with E-state index in [0.29, 0.717) is 19.3 Å². The SMILES string of the molecule is CCCCCCCCC/C=C\CCCC(CC(=O)NC(CO)C(O)CCCCCCCCCCCCCCCCC)OC(=O)CCCCCCCCCCCCCC. The maximum Gasteiger partial charge on any atom is 0.306 e. The van der Waals surface area contributed by atoms with E-state index in [4.69, 9.17) is 4.74 Å². The Bertz CT molecular complexity index is 878. The molecule has 3 unspecified atom stereocenters. The number of unbranched alkanes of at least 4 members (excludes halogenated alkanes) is 33. The van der Waals surface area contributed by atoms with Crippen LogP contribution in [0.5, 0.6) is 0 Å². The standard InChI is InChI=1S/C52H101NO5/c1-4-7-10-13-16-19-22-25-26-27-29-32-35-38-41-44-50(55)49(47-54)53-51(56)46-48(43-40-37-34-31-28-23-20-17-14-11-8-5-2)58-52(57)45-42-39-36-33-30-24-21-18-15-12-9-6-3/h31,34,48-50,54-55H,4-30,32-33,35-47H2,1-3H3,(H,53,56)/b34-31-. The number of allylic oxidation sites excluding steroid dienone is 2. The molecule has 0 aliphatic carbocycles. The molecule has 1 amide bonds. The minimum absolute atomic E-state index is 0.0636. The molecule has 0 bridgehead atoms. The monoisotopic (exact) mass is 820 g/mol. The third-order valence-electron chi connectivity index (χ3n) is 12.1. The Morgan fingerprint density at radius 1 is 0.483 bits per heavy atom. The van der Waals surface area contributed by atoms with E-state index in [1.807, 2.05) is 0 Å². The average molecular weight is 820 g/mol.